The Balaban J connectivity index is 1.67. The Morgan fingerprint density at radius 1 is 1.22 bits per heavy atom. The van der Waals surface area contributed by atoms with Crippen LogP contribution >= 0.6 is 0 Å². The number of ether oxygens (including phenoxy) is 1. The third-order valence-corrected chi connectivity index (χ3v) is 4.75. The number of hydrogen-bond donors (Lipinski definition) is 0. The molecule has 0 saturated carbocycles. The van der Waals surface area contributed by atoms with Crippen molar-refractivity contribution in [3.8, 4) is 5.88 Å². The molecule has 2 aromatic heterocycles. The summed E-state index contributed by atoms with van der Waals surface area (Å²) < 4.78 is 5.48. The molecule has 0 bridgehead atoms. The lowest BCUT2D eigenvalue weighted by Gasteiger charge is -2.30. The third kappa shape index (κ3) is 5.12. The minimum absolute atomic E-state index is 0.0815. The summed E-state index contributed by atoms with van der Waals surface area (Å²) in [5.74, 6) is 1.55. The van der Waals surface area contributed by atoms with E-state index in [0.29, 0.717) is 19.0 Å². The van der Waals surface area contributed by atoms with Gasteiger partial charge in [-0.3, -0.25) is 4.79 Å². The molecule has 144 valence electrons. The number of rotatable bonds is 6. The van der Waals surface area contributed by atoms with Gasteiger partial charge < -0.3 is 14.5 Å². The predicted molar refractivity (Wildman–Crippen MR) is 101 cm³/mol. The van der Waals surface area contributed by atoms with Crippen LogP contribution in [0.15, 0.2) is 31.1 Å². The van der Waals surface area contributed by atoms with Gasteiger partial charge in [0, 0.05) is 56.6 Å². The van der Waals surface area contributed by atoms with Crippen LogP contribution in [0.2, 0.25) is 0 Å². The van der Waals surface area contributed by atoms with Crippen LogP contribution in [0.3, 0.4) is 0 Å². The van der Waals surface area contributed by atoms with Crippen LogP contribution < -0.4 is 9.64 Å². The summed E-state index contributed by atoms with van der Waals surface area (Å²) >= 11 is 0. The summed E-state index contributed by atoms with van der Waals surface area (Å²) in [6.45, 7) is 6.43. The monoisotopic (exact) mass is 370 g/mol. The molecule has 1 aliphatic heterocycles. The highest BCUT2D eigenvalue weighted by molar-refractivity contribution is 5.73. The lowest BCUT2D eigenvalue weighted by atomic mass is 10.1. The van der Waals surface area contributed by atoms with Gasteiger partial charge in [-0.05, 0) is 26.2 Å². The lowest BCUT2D eigenvalue weighted by molar-refractivity contribution is -0.132. The number of aromatic nitrogens is 4. The molecule has 0 aliphatic carbocycles. The van der Waals surface area contributed by atoms with Crippen molar-refractivity contribution >= 4 is 11.7 Å². The second-order valence-electron chi connectivity index (χ2n) is 6.61. The van der Waals surface area contributed by atoms with Crippen molar-refractivity contribution in [3.63, 3.8) is 0 Å². The Morgan fingerprint density at radius 3 is 2.78 bits per heavy atom. The quantitative estimate of drug-likeness (QED) is 0.769. The van der Waals surface area contributed by atoms with E-state index >= 15 is 0 Å². The fraction of sp³-hybridized carbons (Fsp3) is 0.526. The van der Waals surface area contributed by atoms with Gasteiger partial charge in [-0.25, -0.2) is 19.9 Å². The summed E-state index contributed by atoms with van der Waals surface area (Å²) in [4.78, 5) is 33.1. The van der Waals surface area contributed by atoms with Crippen molar-refractivity contribution in [2.45, 2.75) is 45.7 Å². The normalized spacial score (nSPS) is 17.3. The van der Waals surface area contributed by atoms with Crippen LogP contribution in [0.5, 0.6) is 5.88 Å². The standard InChI is InChI=1S/C19H26N6O2/c1-3-27-19-9-18(22-14-23-19)24-7-4-5-17(6-8-24)25(15(2)26)12-16-10-20-13-21-11-16/h9-11,13-14,17H,3-8,12H2,1-2H3. The largest absolute Gasteiger partial charge is 0.478 e. The number of anilines is 1. The van der Waals surface area contributed by atoms with E-state index in [1.165, 1.54) is 6.33 Å². The van der Waals surface area contributed by atoms with E-state index in [-0.39, 0.29) is 11.9 Å². The minimum Gasteiger partial charge on any atom is -0.478 e. The van der Waals surface area contributed by atoms with Gasteiger partial charge in [0.2, 0.25) is 11.8 Å². The molecule has 1 atom stereocenters. The summed E-state index contributed by atoms with van der Waals surface area (Å²) in [5.41, 5.74) is 0.950. The molecule has 0 aromatic carbocycles. The van der Waals surface area contributed by atoms with Crippen LogP contribution in [0.4, 0.5) is 5.82 Å². The van der Waals surface area contributed by atoms with E-state index < -0.39 is 0 Å². The van der Waals surface area contributed by atoms with E-state index in [1.54, 1.807) is 25.6 Å². The molecule has 1 amide bonds. The Morgan fingerprint density at radius 2 is 2.04 bits per heavy atom. The Kier molecular flexibility index (Phi) is 6.51. The molecule has 0 N–H and O–H groups in total. The van der Waals surface area contributed by atoms with Gasteiger partial charge in [-0.1, -0.05) is 0 Å². The van der Waals surface area contributed by atoms with E-state index in [4.69, 9.17) is 4.74 Å². The first-order valence-corrected chi connectivity index (χ1v) is 9.38. The third-order valence-electron chi connectivity index (χ3n) is 4.75. The predicted octanol–water partition coefficient (Wildman–Crippen LogP) is 2.07. The molecular weight excluding hydrogens is 344 g/mol. The average Bonchev–Trinajstić information content (AvgIpc) is 2.93. The minimum atomic E-state index is 0.0815. The van der Waals surface area contributed by atoms with Crippen molar-refractivity contribution in [1.82, 2.24) is 24.8 Å². The molecule has 3 heterocycles. The lowest BCUT2D eigenvalue weighted by Crippen LogP contribution is -2.39. The topological polar surface area (TPSA) is 84.3 Å². The number of carbonyl (C=O) groups is 1. The summed E-state index contributed by atoms with van der Waals surface area (Å²) in [6.07, 6.45) is 9.43. The van der Waals surface area contributed by atoms with Crippen LogP contribution in [0, 0.1) is 0 Å². The maximum atomic E-state index is 12.3. The van der Waals surface area contributed by atoms with Crippen molar-refractivity contribution in [2.75, 3.05) is 24.6 Å². The molecule has 2 aromatic rings. The molecule has 27 heavy (non-hydrogen) atoms. The van der Waals surface area contributed by atoms with Crippen molar-refractivity contribution < 1.29 is 9.53 Å². The molecule has 3 rings (SSSR count). The summed E-state index contributed by atoms with van der Waals surface area (Å²) in [5, 5.41) is 0. The second-order valence-corrected chi connectivity index (χ2v) is 6.61. The van der Waals surface area contributed by atoms with Gasteiger partial charge in [0.05, 0.1) is 6.61 Å². The van der Waals surface area contributed by atoms with Crippen LogP contribution in [-0.2, 0) is 11.3 Å². The Labute approximate surface area is 159 Å². The van der Waals surface area contributed by atoms with Crippen LogP contribution in [0.1, 0.15) is 38.7 Å². The Bertz CT molecular complexity index is 742. The van der Waals surface area contributed by atoms with Crippen molar-refractivity contribution in [3.05, 3.63) is 36.7 Å². The van der Waals surface area contributed by atoms with Gasteiger partial charge in [0.25, 0.3) is 0 Å². The first-order chi connectivity index (χ1) is 13.2. The molecule has 8 nitrogen and oxygen atoms in total. The fourth-order valence-corrected chi connectivity index (χ4v) is 3.46. The number of hydrogen-bond acceptors (Lipinski definition) is 7. The number of amides is 1. The molecule has 1 aliphatic rings. The van der Waals surface area contributed by atoms with E-state index in [0.717, 1.165) is 43.7 Å². The first-order valence-electron chi connectivity index (χ1n) is 9.38. The molecule has 0 radical (unpaired) electrons. The molecule has 1 saturated heterocycles. The smallest absolute Gasteiger partial charge is 0.219 e. The average molecular weight is 370 g/mol. The van der Waals surface area contributed by atoms with Crippen LogP contribution in [0.25, 0.3) is 0 Å². The molecule has 1 fully saturated rings. The highest BCUT2D eigenvalue weighted by Gasteiger charge is 2.25. The highest BCUT2D eigenvalue weighted by atomic mass is 16.5. The van der Waals surface area contributed by atoms with Gasteiger partial charge in [-0.2, -0.15) is 0 Å². The van der Waals surface area contributed by atoms with Gasteiger partial charge in [0.15, 0.2) is 0 Å². The van der Waals surface area contributed by atoms with Gasteiger partial charge in [0.1, 0.15) is 18.5 Å². The van der Waals surface area contributed by atoms with E-state index in [2.05, 4.69) is 24.8 Å². The summed E-state index contributed by atoms with van der Waals surface area (Å²) in [7, 11) is 0. The molecular formula is C19H26N6O2. The maximum absolute atomic E-state index is 12.3. The van der Waals surface area contributed by atoms with Gasteiger partial charge >= 0.3 is 0 Å². The maximum Gasteiger partial charge on any atom is 0.219 e. The zero-order valence-electron chi connectivity index (χ0n) is 15.9. The van der Waals surface area contributed by atoms with E-state index in [1.807, 2.05) is 17.9 Å². The molecule has 0 spiro atoms. The fourth-order valence-electron chi connectivity index (χ4n) is 3.46. The van der Waals surface area contributed by atoms with Crippen molar-refractivity contribution in [1.29, 1.82) is 0 Å². The first kappa shape index (κ1) is 19.0. The number of nitrogens with zero attached hydrogens (tertiary/aromatic N) is 6. The zero-order valence-corrected chi connectivity index (χ0v) is 15.9. The number of carbonyl (C=O) groups excluding carboxylic acids is 1. The molecule has 1 unspecified atom stereocenters. The highest BCUT2D eigenvalue weighted by Crippen LogP contribution is 2.23. The van der Waals surface area contributed by atoms with Crippen molar-refractivity contribution in [2.24, 2.45) is 0 Å². The second kappa shape index (κ2) is 9.25. The Hall–Kier alpha value is -2.77. The zero-order chi connectivity index (χ0) is 19.1. The summed E-state index contributed by atoms with van der Waals surface area (Å²) in [6, 6.07) is 2.08. The van der Waals surface area contributed by atoms with Gasteiger partial charge in [-0.15, -0.1) is 0 Å². The molecule has 8 heteroatoms. The van der Waals surface area contributed by atoms with Crippen LogP contribution in [-0.4, -0.2) is 56.5 Å². The SMILES string of the molecule is CCOc1cc(N2CCCC(N(Cc3cncnc3)C(C)=O)CC2)ncn1. The van der Waals surface area contributed by atoms with E-state index in [9.17, 15) is 4.79 Å².